The number of aromatic nitrogens is 1. The topological polar surface area (TPSA) is 122 Å². The number of hydrogen-bond acceptors (Lipinski definition) is 9. The van der Waals surface area contributed by atoms with E-state index in [0.29, 0.717) is 43.2 Å². The van der Waals surface area contributed by atoms with Crippen LogP contribution in [0.4, 0.5) is 0 Å². The molecule has 5 aliphatic heterocycles. The Kier molecular flexibility index (Phi) is 8.89. The molecule has 6 fully saturated rings. The maximum atomic E-state index is 14.0. The van der Waals surface area contributed by atoms with E-state index in [9.17, 15) is 14.4 Å². The highest BCUT2D eigenvalue weighted by Gasteiger charge is 2.58. The molecule has 0 radical (unpaired) electrons. The SMILES string of the molecule is CNC(=O)[C@@H](NC(=O)[C@@H]1CN(C(=O)c2cncs2)CC12CN(CC1CCOCC1)C2)[C@@H](C)OCC12CCC(CC1)OC2. The number of likely N-dealkylation sites (N-methyl/N-ethyl adjacent to an activating group) is 1. The standard InChI is InChI=1S/C30H45N5O6S/c1-20(40-17-29-7-3-22(4-8-29)41-18-29)25(27(37)31-2)33-26(36)23-13-35(28(38)24-11-32-19-42-24)16-30(23)14-34(15-30)12-21-5-9-39-10-6-21/h11,19-23,25H,3-10,12-18H2,1-2H3,(H,31,37)(H,33,36)/t20-,22?,23+,25+,29?/m1/s1. The smallest absolute Gasteiger partial charge is 0.265 e. The largest absolute Gasteiger partial charge is 0.381 e. The summed E-state index contributed by atoms with van der Waals surface area (Å²) in [7, 11) is 1.58. The molecule has 0 aromatic carbocycles. The van der Waals surface area contributed by atoms with Crippen LogP contribution in [0.2, 0.25) is 0 Å². The second-order valence-electron chi connectivity index (χ2n) is 13.3. The molecule has 1 aromatic heterocycles. The van der Waals surface area contributed by atoms with Gasteiger partial charge in [-0.3, -0.25) is 19.4 Å². The van der Waals surface area contributed by atoms with Gasteiger partial charge in [-0.25, -0.2) is 0 Å². The first-order valence-electron chi connectivity index (χ1n) is 15.5. The summed E-state index contributed by atoms with van der Waals surface area (Å²) in [6.45, 7) is 8.02. The fraction of sp³-hybridized carbons (Fsp3) is 0.800. The summed E-state index contributed by atoms with van der Waals surface area (Å²) >= 11 is 1.32. The first-order chi connectivity index (χ1) is 20.3. The van der Waals surface area contributed by atoms with Crippen LogP contribution in [0.3, 0.4) is 0 Å². The highest BCUT2D eigenvalue weighted by atomic mass is 32.1. The van der Waals surface area contributed by atoms with Gasteiger partial charge in [0.15, 0.2) is 0 Å². The molecule has 42 heavy (non-hydrogen) atoms. The Labute approximate surface area is 252 Å². The highest BCUT2D eigenvalue weighted by molar-refractivity contribution is 7.11. The fourth-order valence-electron chi connectivity index (χ4n) is 7.75. The Morgan fingerprint density at radius 1 is 1.17 bits per heavy atom. The van der Waals surface area contributed by atoms with Gasteiger partial charge in [-0.2, -0.15) is 0 Å². The summed E-state index contributed by atoms with van der Waals surface area (Å²) in [5.41, 5.74) is 1.30. The molecular weight excluding hydrogens is 558 g/mol. The second kappa shape index (κ2) is 12.5. The van der Waals surface area contributed by atoms with Crippen molar-refractivity contribution in [2.24, 2.45) is 22.7 Å². The fourth-order valence-corrected chi connectivity index (χ4v) is 8.34. The summed E-state index contributed by atoms with van der Waals surface area (Å²) in [4.78, 5) is 49.3. The third-order valence-electron chi connectivity index (χ3n) is 10.4. The lowest BCUT2D eigenvalue weighted by molar-refractivity contribution is -0.156. The van der Waals surface area contributed by atoms with E-state index in [1.807, 2.05) is 6.92 Å². The van der Waals surface area contributed by atoms with Crippen LogP contribution in [0, 0.1) is 22.7 Å². The summed E-state index contributed by atoms with van der Waals surface area (Å²) in [5.74, 6) is -0.377. The van der Waals surface area contributed by atoms with Gasteiger partial charge >= 0.3 is 0 Å². The van der Waals surface area contributed by atoms with Gasteiger partial charge in [0.05, 0.1) is 43.0 Å². The molecule has 1 aromatic rings. The third-order valence-corrected chi connectivity index (χ3v) is 11.2. The molecule has 0 unspecified atom stereocenters. The van der Waals surface area contributed by atoms with Crippen LogP contribution >= 0.6 is 11.3 Å². The molecule has 232 valence electrons. The van der Waals surface area contributed by atoms with Crippen molar-refractivity contribution in [2.45, 2.75) is 63.7 Å². The number of nitrogens with one attached hydrogen (secondary N) is 2. The van der Waals surface area contributed by atoms with Crippen molar-refractivity contribution in [3.05, 3.63) is 16.6 Å². The number of carbonyl (C=O) groups excluding carboxylic acids is 3. The second-order valence-corrected chi connectivity index (χ2v) is 14.2. The molecule has 11 nitrogen and oxygen atoms in total. The van der Waals surface area contributed by atoms with Crippen molar-refractivity contribution >= 4 is 29.1 Å². The first kappa shape index (κ1) is 29.9. The predicted molar refractivity (Wildman–Crippen MR) is 156 cm³/mol. The van der Waals surface area contributed by atoms with Crippen LogP contribution in [0.15, 0.2) is 11.7 Å². The molecule has 5 saturated heterocycles. The normalized spacial score (nSPS) is 30.6. The monoisotopic (exact) mass is 603 g/mol. The minimum atomic E-state index is -0.832. The Bertz CT molecular complexity index is 1100. The zero-order valence-electron chi connectivity index (χ0n) is 24.8. The van der Waals surface area contributed by atoms with Gasteiger partial charge < -0.3 is 34.6 Å². The van der Waals surface area contributed by atoms with Gasteiger partial charge in [0.1, 0.15) is 10.9 Å². The summed E-state index contributed by atoms with van der Waals surface area (Å²) in [6, 6.07) is -0.832. The summed E-state index contributed by atoms with van der Waals surface area (Å²) in [5, 5.41) is 5.77. The molecular formula is C30H45N5O6S. The number of nitrogens with zero attached hydrogens (tertiary/aromatic N) is 3. The number of fused-ring (bicyclic) bond motifs is 3. The molecule has 1 saturated carbocycles. The minimum absolute atomic E-state index is 0.00682. The number of likely N-dealkylation sites (tertiary alicyclic amines) is 2. The molecule has 7 rings (SSSR count). The number of hydrogen-bond donors (Lipinski definition) is 2. The molecule has 2 bridgehead atoms. The van der Waals surface area contributed by atoms with Gasteiger partial charge in [0, 0.05) is 63.8 Å². The van der Waals surface area contributed by atoms with Crippen LogP contribution in [-0.4, -0.2) is 117 Å². The van der Waals surface area contributed by atoms with Crippen molar-refractivity contribution in [1.82, 2.24) is 25.4 Å². The first-order valence-corrected chi connectivity index (χ1v) is 16.4. The van der Waals surface area contributed by atoms with Gasteiger partial charge in [0.2, 0.25) is 11.8 Å². The van der Waals surface area contributed by atoms with Crippen molar-refractivity contribution in [3.63, 3.8) is 0 Å². The lowest BCUT2D eigenvalue weighted by Gasteiger charge is -2.51. The molecule has 2 N–H and O–H groups in total. The number of carbonyl (C=O) groups is 3. The predicted octanol–water partition coefficient (Wildman–Crippen LogP) is 1.54. The molecule has 3 atom stereocenters. The summed E-state index contributed by atoms with van der Waals surface area (Å²) in [6.07, 6.45) is 7.82. The average molecular weight is 604 g/mol. The minimum Gasteiger partial charge on any atom is -0.381 e. The maximum absolute atomic E-state index is 14.0. The Morgan fingerprint density at radius 3 is 2.57 bits per heavy atom. The van der Waals surface area contributed by atoms with Crippen molar-refractivity contribution < 1.29 is 28.6 Å². The van der Waals surface area contributed by atoms with E-state index in [4.69, 9.17) is 14.2 Å². The van der Waals surface area contributed by atoms with Crippen LogP contribution in [0.5, 0.6) is 0 Å². The lowest BCUT2D eigenvalue weighted by Crippen LogP contribution is -2.64. The van der Waals surface area contributed by atoms with Crippen LogP contribution in [0.1, 0.15) is 55.1 Å². The quantitative estimate of drug-likeness (QED) is 0.413. The van der Waals surface area contributed by atoms with E-state index in [1.165, 1.54) is 11.3 Å². The number of rotatable bonds is 10. The molecule has 3 amide bonds. The zero-order valence-corrected chi connectivity index (χ0v) is 25.7. The third kappa shape index (κ3) is 6.10. The average Bonchev–Trinajstić information content (AvgIpc) is 3.69. The van der Waals surface area contributed by atoms with Crippen LogP contribution in [-0.2, 0) is 23.8 Å². The van der Waals surface area contributed by atoms with E-state index in [0.717, 1.165) is 71.4 Å². The maximum Gasteiger partial charge on any atom is 0.265 e. The van der Waals surface area contributed by atoms with Crippen molar-refractivity contribution in [1.29, 1.82) is 0 Å². The van der Waals surface area contributed by atoms with Gasteiger partial charge in [-0.15, -0.1) is 11.3 Å². The van der Waals surface area contributed by atoms with Gasteiger partial charge in [-0.05, 0) is 51.4 Å². The molecule has 12 heteroatoms. The Morgan fingerprint density at radius 2 is 1.93 bits per heavy atom. The Hall–Kier alpha value is -2.12. The number of ether oxygens (including phenoxy) is 3. The van der Waals surface area contributed by atoms with E-state index < -0.39 is 18.1 Å². The lowest BCUT2D eigenvalue weighted by atomic mass is 9.70. The molecule has 6 heterocycles. The van der Waals surface area contributed by atoms with E-state index in [2.05, 4.69) is 20.5 Å². The number of amides is 3. The number of thiazole rings is 1. The molecule has 1 spiro atoms. The van der Waals surface area contributed by atoms with Gasteiger partial charge in [0.25, 0.3) is 5.91 Å². The van der Waals surface area contributed by atoms with Crippen molar-refractivity contribution in [2.75, 3.05) is 66.2 Å². The Balaban J connectivity index is 1.13. The summed E-state index contributed by atoms with van der Waals surface area (Å²) < 4.78 is 17.8. The highest BCUT2D eigenvalue weighted by Crippen LogP contribution is 2.46. The zero-order chi connectivity index (χ0) is 29.3. The molecule has 1 aliphatic carbocycles. The van der Waals surface area contributed by atoms with Crippen LogP contribution < -0.4 is 10.6 Å². The van der Waals surface area contributed by atoms with E-state index >= 15 is 0 Å². The van der Waals surface area contributed by atoms with E-state index in [1.54, 1.807) is 23.7 Å². The van der Waals surface area contributed by atoms with Crippen LogP contribution in [0.25, 0.3) is 0 Å². The van der Waals surface area contributed by atoms with Gasteiger partial charge in [-0.1, -0.05) is 0 Å². The molecule has 6 aliphatic rings. The van der Waals surface area contributed by atoms with E-state index in [-0.39, 0.29) is 28.6 Å². The van der Waals surface area contributed by atoms with Crippen molar-refractivity contribution in [3.8, 4) is 0 Å².